The quantitative estimate of drug-likeness (QED) is 0.836. The van der Waals surface area contributed by atoms with Crippen LogP contribution in [0.3, 0.4) is 0 Å². The van der Waals surface area contributed by atoms with Gasteiger partial charge in [-0.1, -0.05) is 29.3 Å². The molecule has 4 heteroatoms. The molecule has 1 N–H and O–H groups in total. The molecule has 20 heavy (non-hydrogen) atoms. The zero-order chi connectivity index (χ0) is 14.9. The summed E-state index contributed by atoms with van der Waals surface area (Å²) < 4.78 is 39.8. The molecule has 0 aromatic heterocycles. The third-order valence-corrected chi connectivity index (χ3v) is 3.21. The predicted octanol–water partition coefficient (Wildman–Crippen LogP) is 4.03. The second-order valence-corrected chi connectivity index (χ2v) is 4.94. The van der Waals surface area contributed by atoms with Crippen LogP contribution in [0.5, 0.6) is 0 Å². The van der Waals surface area contributed by atoms with Gasteiger partial charge in [0, 0.05) is 0 Å². The smallest absolute Gasteiger partial charge is 0.194 e. The van der Waals surface area contributed by atoms with Crippen molar-refractivity contribution >= 4 is 0 Å². The second-order valence-electron chi connectivity index (χ2n) is 4.94. The Morgan fingerprint density at radius 3 is 1.70 bits per heavy atom. The maximum absolute atomic E-state index is 13.4. The highest BCUT2D eigenvalue weighted by molar-refractivity contribution is 5.37. The Balaban J connectivity index is 2.52. The summed E-state index contributed by atoms with van der Waals surface area (Å²) in [6, 6.07) is 7.55. The van der Waals surface area contributed by atoms with E-state index >= 15 is 0 Å². The van der Waals surface area contributed by atoms with Crippen molar-refractivity contribution in [1.29, 1.82) is 0 Å². The molecule has 0 aliphatic carbocycles. The van der Waals surface area contributed by atoms with Crippen LogP contribution in [-0.4, -0.2) is 7.05 Å². The van der Waals surface area contributed by atoms with E-state index in [0.717, 1.165) is 28.8 Å². The lowest BCUT2D eigenvalue weighted by atomic mass is 9.95. The fourth-order valence-electron chi connectivity index (χ4n) is 2.44. The van der Waals surface area contributed by atoms with Crippen molar-refractivity contribution in [2.45, 2.75) is 19.9 Å². The van der Waals surface area contributed by atoms with E-state index in [1.54, 1.807) is 7.05 Å². The van der Waals surface area contributed by atoms with Crippen LogP contribution < -0.4 is 5.32 Å². The average Bonchev–Trinajstić information content (AvgIpc) is 2.35. The van der Waals surface area contributed by atoms with E-state index in [2.05, 4.69) is 5.32 Å². The highest BCUT2D eigenvalue weighted by Gasteiger charge is 2.18. The molecule has 0 fully saturated rings. The van der Waals surface area contributed by atoms with Gasteiger partial charge in [-0.25, -0.2) is 13.2 Å². The molecule has 0 bridgehead atoms. The first-order valence-corrected chi connectivity index (χ1v) is 6.32. The van der Waals surface area contributed by atoms with Gasteiger partial charge >= 0.3 is 0 Å². The van der Waals surface area contributed by atoms with Gasteiger partial charge in [0.2, 0.25) is 0 Å². The Labute approximate surface area is 116 Å². The number of rotatable bonds is 3. The third kappa shape index (κ3) is 2.85. The maximum Gasteiger partial charge on any atom is 0.194 e. The molecule has 0 aliphatic heterocycles. The molecule has 0 aliphatic rings. The van der Waals surface area contributed by atoms with Gasteiger partial charge in [0.25, 0.3) is 0 Å². The number of nitrogens with one attached hydrogen (secondary N) is 1. The minimum absolute atomic E-state index is 0.355. The number of benzene rings is 2. The molecule has 2 rings (SSSR count). The van der Waals surface area contributed by atoms with Gasteiger partial charge in [-0.3, -0.25) is 0 Å². The van der Waals surface area contributed by atoms with E-state index < -0.39 is 23.5 Å². The molecule has 1 unspecified atom stereocenters. The Hall–Kier alpha value is -1.81. The number of hydrogen-bond acceptors (Lipinski definition) is 1. The van der Waals surface area contributed by atoms with Gasteiger partial charge in [-0.2, -0.15) is 0 Å². The lowest BCUT2D eigenvalue weighted by Gasteiger charge is -2.19. The van der Waals surface area contributed by atoms with Crippen LogP contribution in [0.2, 0.25) is 0 Å². The summed E-state index contributed by atoms with van der Waals surface area (Å²) >= 11 is 0. The van der Waals surface area contributed by atoms with Crippen molar-refractivity contribution in [3.63, 3.8) is 0 Å². The Bertz CT molecular complexity index is 594. The molecule has 1 atom stereocenters. The molecule has 2 aromatic rings. The normalized spacial score (nSPS) is 12.5. The topological polar surface area (TPSA) is 12.0 Å². The van der Waals surface area contributed by atoms with E-state index in [-0.39, 0.29) is 0 Å². The van der Waals surface area contributed by atoms with Gasteiger partial charge in [0.15, 0.2) is 17.5 Å². The lowest BCUT2D eigenvalue weighted by molar-refractivity contribution is 0.443. The maximum atomic E-state index is 13.4. The monoisotopic (exact) mass is 279 g/mol. The minimum atomic E-state index is -1.44. The number of hydrogen-bond donors (Lipinski definition) is 1. The summed E-state index contributed by atoms with van der Waals surface area (Å²) in [5, 5.41) is 3.01. The molecular formula is C16H16F3N. The molecule has 0 spiro atoms. The molecule has 0 heterocycles. The highest BCUT2D eigenvalue weighted by Crippen LogP contribution is 2.26. The van der Waals surface area contributed by atoms with Crippen LogP contribution in [0, 0.1) is 31.3 Å². The molecule has 0 amide bonds. The predicted molar refractivity (Wildman–Crippen MR) is 73.1 cm³/mol. The van der Waals surface area contributed by atoms with Crippen LogP contribution in [-0.2, 0) is 0 Å². The van der Waals surface area contributed by atoms with E-state index in [1.165, 1.54) is 0 Å². The Morgan fingerprint density at radius 1 is 0.800 bits per heavy atom. The average molecular weight is 279 g/mol. The van der Waals surface area contributed by atoms with Gasteiger partial charge in [-0.05, 0) is 44.2 Å². The Kier molecular flexibility index (Phi) is 4.14. The summed E-state index contributed by atoms with van der Waals surface area (Å²) in [7, 11) is 1.70. The van der Waals surface area contributed by atoms with Gasteiger partial charge in [0.05, 0.1) is 6.04 Å². The van der Waals surface area contributed by atoms with Crippen molar-refractivity contribution in [2.75, 3.05) is 7.05 Å². The lowest BCUT2D eigenvalue weighted by Crippen LogP contribution is -2.18. The molecule has 0 saturated carbocycles. The van der Waals surface area contributed by atoms with Gasteiger partial charge in [-0.15, -0.1) is 0 Å². The zero-order valence-electron chi connectivity index (χ0n) is 11.6. The van der Waals surface area contributed by atoms with Gasteiger partial charge < -0.3 is 5.32 Å². The van der Waals surface area contributed by atoms with E-state index in [0.29, 0.717) is 5.56 Å². The van der Waals surface area contributed by atoms with E-state index in [4.69, 9.17) is 0 Å². The number of aryl methyl sites for hydroxylation is 2. The fraction of sp³-hybridized carbons (Fsp3) is 0.250. The third-order valence-electron chi connectivity index (χ3n) is 3.21. The standard InChI is InChI=1S/C16H16F3N/c1-9-4-10(2)6-11(5-9)16(20-3)12-7-13(17)15(19)14(18)8-12/h4-8,16,20H,1-3H3. The van der Waals surface area contributed by atoms with Crippen molar-refractivity contribution in [2.24, 2.45) is 0 Å². The second kappa shape index (κ2) is 5.67. The van der Waals surface area contributed by atoms with Crippen LogP contribution in [0.1, 0.15) is 28.3 Å². The first kappa shape index (κ1) is 14.6. The minimum Gasteiger partial charge on any atom is -0.309 e. The highest BCUT2D eigenvalue weighted by atomic mass is 19.2. The zero-order valence-corrected chi connectivity index (χ0v) is 11.6. The van der Waals surface area contributed by atoms with Crippen molar-refractivity contribution in [3.05, 3.63) is 70.0 Å². The van der Waals surface area contributed by atoms with Crippen molar-refractivity contribution in [3.8, 4) is 0 Å². The first-order chi connectivity index (χ1) is 9.42. The Morgan fingerprint density at radius 2 is 1.25 bits per heavy atom. The van der Waals surface area contributed by atoms with Crippen LogP contribution in [0.15, 0.2) is 30.3 Å². The molecule has 1 nitrogen and oxygen atoms in total. The van der Waals surface area contributed by atoms with Crippen LogP contribution >= 0.6 is 0 Å². The van der Waals surface area contributed by atoms with Crippen LogP contribution in [0.25, 0.3) is 0 Å². The molecular weight excluding hydrogens is 263 g/mol. The summed E-state index contributed by atoms with van der Waals surface area (Å²) in [6.07, 6.45) is 0. The van der Waals surface area contributed by atoms with Gasteiger partial charge in [0.1, 0.15) is 0 Å². The summed E-state index contributed by atoms with van der Waals surface area (Å²) in [4.78, 5) is 0. The summed E-state index contributed by atoms with van der Waals surface area (Å²) in [6.45, 7) is 3.91. The van der Waals surface area contributed by atoms with E-state index in [9.17, 15) is 13.2 Å². The SMILES string of the molecule is CNC(c1cc(C)cc(C)c1)c1cc(F)c(F)c(F)c1. The summed E-state index contributed by atoms with van der Waals surface area (Å²) in [5.41, 5.74) is 3.36. The molecule has 106 valence electrons. The van der Waals surface area contributed by atoms with Crippen molar-refractivity contribution in [1.82, 2.24) is 5.32 Å². The van der Waals surface area contributed by atoms with Crippen LogP contribution in [0.4, 0.5) is 13.2 Å². The molecule has 0 saturated heterocycles. The van der Waals surface area contributed by atoms with E-state index in [1.807, 2.05) is 32.0 Å². The largest absolute Gasteiger partial charge is 0.309 e. The first-order valence-electron chi connectivity index (χ1n) is 6.32. The molecule has 2 aromatic carbocycles. The fourth-order valence-corrected chi connectivity index (χ4v) is 2.44. The number of halogens is 3. The molecule has 0 radical (unpaired) electrons. The summed E-state index contributed by atoms with van der Waals surface area (Å²) in [5.74, 6) is -3.79. The van der Waals surface area contributed by atoms with Crippen molar-refractivity contribution < 1.29 is 13.2 Å².